The van der Waals surface area contributed by atoms with E-state index < -0.39 is 21.6 Å². The van der Waals surface area contributed by atoms with E-state index in [1.165, 1.54) is 6.07 Å². The van der Waals surface area contributed by atoms with Crippen LogP contribution >= 0.6 is 0 Å². The number of nitrogen functional groups attached to an aromatic ring is 1. The molecule has 6 heteroatoms. The van der Waals surface area contributed by atoms with Gasteiger partial charge >= 0.3 is 0 Å². The van der Waals surface area contributed by atoms with Crippen molar-refractivity contribution in [2.24, 2.45) is 0 Å². The quantitative estimate of drug-likeness (QED) is 0.860. The normalized spacial score (nSPS) is 11.4. The smallest absolute Gasteiger partial charge is 0.204 e. The van der Waals surface area contributed by atoms with Gasteiger partial charge in [-0.2, -0.15) is 0 Å². The molecular formula is C14H14FNO3S. The molecular weight excluding hydrogens is 281 g/mol. The Morgan fingerprint density at radius 1 is 1.10 bits per heavy atom. The maximum Gasteiger partial charge on any atom is 0.204 e. The van der Waals surface area contributed by atoms with Gasteiger partial charge < -0.3 is 10.5 Å². The first kappa shape index (κ1) is 14.5. The van der Waals surface area contributed by atoms with Gasteiger partial charge in [0, 0.05) is 0 Å². The minimum atomic E-state index is -3.77. The third-order valence-electron chi connectivity index (χ3n) is 2.66. The first-order valence-electron chi connectivity index (χ1n) is 5.88. The second-order valence-corrected chi connectivity index (χ2v) is 6.15. The van der Waals surface area contributed by atoms with Gasteiger partial charge in [0.1, 0.15) is 5.82 Å². The molecule has 0 amide bonds. The molecule has 0 aromatic heterocycles. The van der Waals surface area contributed by atoms with E-state index in [0.717, 1.165) is 17.7 Å². The summed E-state index contributed by atoms with van der Waals surface area (Å²) in [7, 11) is -3.77. The van der Waals surface area contributed by atoms with Gasteiger partial charge in [-0.25, -0.2) is 12.8 Å². The number of benzene rings is 2. The van der Waals surface area contributed by atoms with Crippen molar-refractivity contribution in [3.63, 3.8) is 0 Å². The Kier molecular flexibility index (Phi) is 4.36. The summed E-state index contributed by atoms with van der Waals surface area (Å²) in [5.41, 5.74) is 6.42. The molecule has 0 atom stereocenters. The second-order valence-electron chi connectivity index (χ2n) is 4.25. The van der Waals surface area contributed by atoms with Crippen molar-refractivity contribution in [1.82, 2.24) is 0 Å². The van der Waals surface area contributed by atoms with Crippen LogP contribution in [0, 0.1) is 5.82 Å². The van der Waals surface area contributed by atoms with Gasteiger partial charge in [-0.1, -0.05) is 30.3 Å². The molecule has 2 rings (SSSR count). The van der Waals surface area contributed by atoms with Crippen LogP contribution in [-0.4, -0.2) is 14.4 Å². The van der Waals surface area contributed by atoms with Crippen molar-refractivity contribution in [3.8, 4) is 0 Å². The maximum absolute atomic E-state index is 13.1. The lowest BCUT2D eigenvalue weighted by Crippen LogP contribution is -2.12. The van der Waals surface area contributed by atoms with E-state index in [4.69, 9.17) is 10.5 Å². The van der Waals surface area contributed by atoms with Gasteiger partial charge in [-0.3, -0.25) is 0 Å². The molecule has 0 bridgehead atoms. The van der Waals surface area contributed by atoms with Crippen LogP contribution in [0.5, 0.6) is 0 Å². The Hall–Kier alpha value is -1.92. The third kappa shape index (κ3) is 3.55. The summed E-state index contributed by atoms with van der Waals surface area (Å²) in [6.07, 6.45) is 0. The van der Waals surface area contributed by atoms with Gasteiger partial charge in [0.15, 0.2) is 5.94 Å². The average molecular weight is 295 g/mol. The Bertz CT molecular complexity index is 687. The summed E-state index contributed by atoms with van der Waals surface area (Å²) in [6.45, 7) is 0.162. The number of ether oxygens (including phenoxy) is 1. The largest absolute Gasteiger partial charge is 0.398 e. The zero-order valence-electron chi connectivity index (χ0n) is 10.6. The lowest BCUT2D eigenvalue weighted by atomic mass is 10.2. The average Bonchev–Trinajstić information content (AvgIpc) is 2.42. The number of anilines is 1. The Balaban J connectivity index is 2.06. The summed E-state index contributed by atoms with van der Waals surface area (Å²) in [5.74, 6) is -1.20. The monoisotopic (exact) mass is 295 g/mol. The summed E-state index contributed by atoms with van der Waals surface area (Å²) >= 11 is 0. The summed E-state index contributed by atoms with van der Waals surface area (Å²) in [4.78, 5) is -0.245. The molecule has 0 unspecified atom stereocenters. The van der Waals surface area contributed by atoms with Gasteiger partial charge in [0.05, 0.1) is 17.2 Å². The summed E-state index contributed by atoms with van der Waals surface area (Å²) in [6, 6.07) is 12.4. The molecule has 2 N–H and O–H groups in total. The topological polar surface area (TPSA) is 69.4 Å². The van der Waals surface area contributed by atoms with Crippen LogP contribution in [0.25, 0.3) is 0 Å². The highest BCUT2D eigenvalue weighted by molar-refractivity contribution is 7.91. The van der Waals surface area contributed by atoms with Crippen LogP contribution in [-0.2, 0) is 21.2 Å². The second kappa shape index (κ2) is 6.02. The van der Waals surface area contributed by atoms with E-state index >= 15 is 0 Å². The fourth-order valence-corrected chi connectivity index (χ4v) is 2.83. The van der Waals surface area contributed by atoms with Crippen LogP contribution in [0.3, 0.4) is 0 Å². The van der Waals surface area contributed by atoms with E-state index in [0.29, 0.717) is 0 Å². The Morgan fingerprint density at radius 3 is 2.50 bits per heavy atom. The molecule has 4 nitrogen and oxygen atoms in total. The Morgan fingerprint density at radius 2 is 1.80 bits per heavy atom. The molecule has 0 spiro atoms. The Labute approximate surface area is 116 Å². The molecule has 20 heavy (non-hydrogen) atoms. The molecule has 0 aliphatic heterocycles. The van der Waals surface area contributed by atoms with Gasteiger partial charge in [0.25, 0.3) is 0 Å². The van der Waals surface area contributed by atoms with Crippen molar-refractivity contribution >= 4 is 15.5 Å². The summed E-state index contributed by atoms with van der Waals surface area (Å²) in [5, 5.41) is 0. The molecule has 0 saturated carbocycles. The van der Waals surface area contributed by atoms with Crippen LogP contribution in [0.15, 0.2) is 53.4 Å². The molecule has 0 aliphatic rings. The van der Waals surface area contributed by atoms with Gasteiger partial charge in [0.2, 0.25) is 9.84 Å². The zero-order valence-corrected chi connectivity index (χ0v) is 11.4. The van der Waals surface area contributed by atoms with Crippen LogP contribution < -0.4 is 5.73 Å². The number of hydrogen-bond donors (Lipinski definition) is 1. The standard InChI is InChI=1S/C14H14FNO3S/c15-12-6-7-13(16)14(8-12)20(17,18)10-19-9-11-4-2-1-3-5-11/h1-8H,9-10,16H2. The molecule has 2 aromatic carbocycles. The van der Waals surface area contributed by atoms with E-state index in [1.807, 2.05) is 30.3 Å². The third-order valence-corrected chi connectivity index (χ3v) is 4.16. The predicted octanol–water partition coefficient (Wildman–Crippen LogP) is 2.36. The van der Waals surface area contributed by atoms with Crippen LogP contribution in [0.4, 0.5) is 10.1 Å². The lowest BCUT2D eigenvalue weighted by molar-refractivity contribution is 0.163. The highest BCUT2D eigenvalue weighted by Gasteiger charge is 2.18. The fourth-order valence-electron chi connectivity index (χ4n) is 1.68. The molecule has 0 aliphatic carbocycles. The highest BCUT2D eigenvalue weighted by atomic mass is 32.2. The first-order chi connectivity index (χ1) is 9.49. The van der Waals surface area contributed by atoms with Crippen molar-refractivity contribution in [1.29, 1.82) is 0 Å². The van der Waals surface area contributed by atoms with Gasteiger partial charge in [-0.05, 0) is 23.8 Å². The highest BCUT2D eigenvalue weighted by Crippen LogP contribution is 2.21. The SMILES string of the molecule is Nc1ccc(F)cc1S(=O)(=O)COCc1ccccc1. The maximum atomic E-state index is 13.1. The zero-order chi connectivity index (χ0) is 14.6. The van der Waals surface area contributed by atoms with E-state index in [9.17, 15) is 12.8 Å². The molecule has 2 aromatic rings. The molecule has 106 valence electrons. The minimum Gasteiger partial charge on any atom is -0.398 e. The fraction of sp³-hybridized carbons (Fsp3) is 0.143. The van der Waals surface area contributed by atoms with Crippen molar-refractivity contribution in [2.75, 3.05) is 11.7 Å². The van der Waals surface area contributed by atoms with Crippen molar-refractivity contribution in [3.05, 3.63) is 59.9 Å². The number of nitrogens with two attached hydrogens (primary N) is 1. The van der Waals surface area contributed by atoms with E-state index in [2.05, 4.69) is 0 Å². The van der Waals surface area contributed by atoms with Crippen molar-refractivity contribution in [2.45, 2.75) is 11.5 Å². The first-order valence-corrected chi connectivity index (χ1v) is 7.54. The molecule has 0 heterocycles. The summed E-state index contributed by atoms with van der Waals surface area (Å²) < 4.78 is 42.3. The molecule has 0 fully saturated rings. The van der Waals surface area contributed by atoms with E-state index in [1.54, 1.807) is 0 Å². The van der Waals surface area contributed by atoms with Gasteiger partial charge in [-0.15, -0.1) is 0 Å². The van der Waals surface area contributed by atoms with Crippen LogP contribution in [0.1, 0.15) is 5.56 Å². The number of halogens is 1. The molecule has 0 saturated heterocycles. The minimum absolute atomic E-state index is 0.00899. The molecule has 0 radical (unpaired) electrons. The van der Waals surface area contributed by atoms with E-state index in [-0.39, 0.29) is 17.2 Å². The lowest BCUT2D eigenvalue weighted by Gasteiger charge is -2.08. The number of sulfone groups is 1. The van der Waals surface area contributed by atoms with Crippen molar-refractivity contribution < 1.29 is 17.5 Å². The number of hydrogen-bond acceptors (Lipinski definition) is 4. The van der Waals surface area contributed by atoms with Crippen LogP contribution in [0.2, 0.25) is 0 Å². The predicted molar refractivity (Wildman–Crippen MR) is 74.1 cm³/mol. The number of rotatable bonds is 5.